The maximum atomic E-state index is 13.8. The van der Waals surface area contributed by atoms with E-state index in [-0.39, 0.29) is 5.82 Å². The molecule has 0 bridgehead atoms. The molecule has 2 aromatic carbocycles. The Morgan fingerprint density at radius 3 is 2.68 bits per heavy atom. The third-order valence-electron chi connectivity index (χ3n) is 2.89. The van der Waals surface area contributed by atoms with Gasteiger partial charge in [0.1, 0.15) is 7.85 Å². The zero-order chi connectivity index (χ0) is 13.8. The first-order chi connectivity index (χ1) is 9.10. The molecule has 0 amide bonds. The molecule has 19 heavy (non-hydrogen) atoms. The van der Waals surface area contributed by atoms with Gasteiger partial charge in [-0.15, -0.1) is 0 Å². The van der Waals surface area contributed by atoms with Crippen molar-refractivity contribution in [1.82, 2.24) is 0 Å². The summed E-state index contributed by atoms with van der Waals surface area (Å²) >= 11 is 6.15. The van der Waals surface area contributed by atoms with E-state index in [0.717, 1.165) is 16.6 Å². The molecule has 0 N–H and O–H groups in total. The summed E-state index contributed by atoms with van der Waals surface area (Å²) in [6.45, 7) is 2.29. The minimum absolute atomic E-state index is 0.293. The van der Waals surface area contributed by atoms with Crippen LogP contribution in [-0.2, 0) is 6.42 Å². The summed E-state index contributed by atoms with van der Waals surface area (Å²) in [5, 5.41) is 0.708. The average molecular weight is 277 g/mol. The third-order valence-corrected chi connectivity index (χ3v) is 3.26. The van der Waals surface area contributed by atoms with E-state index in [1.54, 1.807) is 6.07 Å². The van der Waals surface area contributed by atoms with E-state index in [1.165, 1.54) is 6.07 Å². The fourth-order valence-corrected chi connectivity index (χ4v) is 2.17. The standard InChI is InChI=1S/C15H15BClFO/c1-2-19-15-6-3-10(8-14(15)18)7-11-9-12(16)4-5-13(11)17/h3-6,8-9H,2,7,16H2,1H3. The maximum absolute atomic E-state index is 13.8. The summed E-state index contributed by atoms with van der Waals surface area (Å²) in [5.74, 6) is -0.0373. The van der Waals surface area contributed by atoms with Gasteiger partial charge in [-0.3, -0.25) is 0 Å². The van der Waals surface area contributed by atoms with Crippen LogP contribution >= 0.6 is 11.6 Å². The molecule has 98 valence electrons. The van der Waals surface area contributed by atoms with E-state index in [9.17, 15) is 4.39 Å². The highest BCUT2D eigenvalue weighted by molar-refractivity contribution is 6.34. The summed E-state index contributed by atoms with van der Waals surface area (Å²) in [6, 6.07) is 10.9. The largest absolute Gasteiger partial charge is 0.491 e. The summed E-state index contributed by atoms with van der Waals surface area (Å²) in [4.78, 5) is 0. The Labute approximate surface area is 118 Å². The van der Waals surface area contributed by atoms with Crippen molar-refractivity contribution in [3.8, 4) is 5.75 Å². The van der Waals surface area contributed by atoms with Gasteiger partial charge in [-0.1, -0.05) is 35.3 Å². The van der Waals surface area contributed by atoms with Gasteiger partial charge in [0.25, 0.3) is 0 Å². The predicted molar refractivity (Wildman–Crippen MR) is 80.0 cm³/mol. The zero-order valence-corrected chi connectivity index (χ0v) is 11.8. The van der Waals surface area contributed by atoms with Crippen LogP contribution in [0.3, 0.4) is 0 Å². The van der Waals surface area contributed by atoms with Crippen molar-refractivity contribution < 1.29 is 9.13 Å². The molecule has 0 atom stereocenters. The van der Waals surface area contributed by atoms with Crippen molar-refractivity contribution in [1.29, 1.82) is 0 Å². The molecular formula is C15H15BClFO. The molecule has 0 saturated carbocycles. The lowest BCUT2D eigenvalue weighted by molar-refractivity contribution is 0.321. The van der Waals surface area contributed by atoms with Crippen LogP contribution in [-0.4, -0.2) is 14.5 Å². The summed E-state index contributed by atoms with van der Waals surface area (Å²) < 4.78 is 18.9. The van der Waals surface area contributed by atoms with Crippen LogP contribution in [0.1, 0.15) is 18.1 Å². The van der Waals surface area contributed by atoms with Crippen LogP contribution in [0.5, 0.6) is 5.75 Å². The number of hydrogen-bond donors (Lipinski definition) is 0. The second kappa shape index (κ2) is 6.11. The first-order valence-electron chi connectivity index (χ1n) is 6.26. The highest BCUT2D eigenvalue weighted by Crippen LogP contribution is 2.22. The highest BCUT2D eigenvalue weighted by atomic mass is 35.5. The minimum atomic E-state index is -0.330. The molecule has 1 nitrogen and oxygen atoms in total. The van der Waals surface area contributed by atoms with E-state index < -0.39 is 0 Å². The van der Waals surface area contributed by atoms with Crippen LogP contribution in [0.15, 0.2) is 36.4 Å². The van der Waals surface area contributed by atoms with Crippen LogP contribution in [0.25, 0.3) is 0 Å². The van der Waals surface area contributed by atoms with Gasteiger partial charge >= 0.3 is 0 Å². The molecule has 0 saturated heterocycles. The second-order valence-electron chi connectivity index (χ2n) is 4.47. The Balaban J connectivity index is 2.24. The molecule has 4 heteroatoms. The van der Waals surface area contributed by atoms with Gasteiger partial charge in [0.2, 0.25) is 0 Å². The Kier molecular flexibility index (Phi) is 4.49. The van der Waals surface area contributed by atoms with E-state index in [1.807, 2.05) is 39.0 Å². The molecule has 0 spiro atoms. The van der Waals surface area contributed by atoms with Gasteiger partial charge in [0.05, 0.1) is 6.61 Å². The minimum Gasteiger partial charge on any atom is -0.491 e. The van der Waals surface area contributed by atoms with Crippen molar-refractivity contribution in [2.75, 3.05) is 6.61 Å². The number of halogens is 2. The van der Waals surface area contributed by atoms with Crippen LogP contribution in [0.2, 0.25) is 5.02 Å². The first-order valence-corrected chi connectivity index (χ1v) is 6.64. The molecule has 2 aromatic rings. The van der Waals surface area contributed by atoms with Crippen molar-refractivity contribution in [2.45, 2.75) is 13.3 Å². The molecule has 0 aromatic heterocycles. The smallest absolute Gasteiger partial charge is 0.165 e. The lowest BCUT2D eigenvalue weighted by Gasteiger charge is -2.09. The normalized spacial score (nSPS) is 10.5. The lowest BCUT2D eigenvalue weighted by Crippen LogP contribution is -2.04. The summed E-state index contributed by atoms with van der Waals surface area (Å²) in [7, 11) is 2.01. The Bertz CT molecular complexity index is 586. The van der Waals surface area contributed by atoms with Crippen LogP contribution in [0, 0.1) is 5.82 Å². The zero-order valence-electron chi connectivity index (χ0n) is 11.0. The molecule has 0 fully saturated rings. The Morgan fingerprint density at radius 2 is 2.00 bits per heavy atom. The van der Waals surface area contributed by atoms with Gasteiger partial charge in [0, 0.05) is 5.02 Å². The van der Waals surface area contributed by atoms with Crippen LogP contribution < -0.4 is 10.2 Å². The van der Waals surface area contributed by atoms with Gasteiger partial charge < -0.3 is 4.74 Å². The predicted octanol–water partition coefficient (Wildman–Crippen LogP) is 2.73. The fourth-order valence-electron chi connectivity index (χ4n) is 1.99. The third kappa shape index (κ3) is 3.51. The van der Waals surface area contributed by atoms with Crippen molar-refractivity contribution in [3.63, 3.8) is 0 Å². The van der Waals surface area contributed by atoms with Gasteiger partial charge in [-0.25, -0.2) is 4.39 Å². The number of ether oxygens (including phenoxy) is 1. The monoisotopic (exact) mass is 276 g/mol. The van der Waals surface area contributed by atoms with Crippen molar-refractivity contribution in [2.24, 2.45) is 0 Å². The van der Waals surface area contributed by atoms with Gasteiger partial charge in [-0.2, -0.15) is 0 Å². The molecule has 0 aliphatic carbocycles. The lowest BCUT2D eigenvalue weighted by atomic mass is 9.92. The van der Waals surface area contributed by atoms with E-state index in [2.05, 4.69) is 0 Å². The molecular weight excluding hydrogens is 261 g/mol. The molecule has 0 unspecified atom stereocenters. The van der Waals surface area contributed by atoms with Crippen molar-refractivity contribution in [3.05, 3.63) is 58.4 Å². The number of benzene rings is 2. The van der Waals surface area contributed by atoms with Crippen molar-refractivity contribution >= 4 is 24.9 Å². The number of rotatable bonds is 4. The maximum Gasteiger partial charge on any atom is 0.165 e. The SMILES string of the molecule is Bc1ccc(Cl)c(Cc2ccc(OCC)c(F)c2)c1. The van der Waals surface area contributed by atoms with E-state index in [4.69, 9.17) is 16.3 Å². The highest BCUT2D eigenvalue weighted by Gasteiger charge is 2.07. The Hall–Kier alpha value is -1.48. The fraction of sp³-hybridized carbons (Fsp3) is 0.200. The van der Waals surface area contributed by atoms with Gasteiger partial charge in [0.15, 0.2) is 11.6 Å². The van der Waals surface area contributed by atoms with E-state index in [0.29, 0.717) is 23.8 Å². The quantitative estimate of drug-likeness (QED) is 0.780. The first kappa shape index (κ1) is 13.9. The molecule has 0 heterocycles. The number of hydrogen-bond acceptors (Lipinski definition) is 1. The summed E-state index contributed by atoms with van der Waals surface area (Å²) in [5.41, 5.74) is 3.03. The average Bonchev–Trinajstić information content (AvgIpc) is 2.37. The Morgan fingerprint density at radius 1 is 1.21 bits per heavy atom. The molecule has 0 radical (unpaired) electrons. The molecule has 0 aliphatic heterocycles. The summed E-state index contributed by atoms with van der Waals surface area (Å²) in [6.07, 6.45) is 0.615. The molecule has 2 rings (SSSR count). The van der Waals surface area contributed by atoms with Crippen LogP contribution in [0.4, 0.5) is 4.39 Å². The van der Waals surface area contributed by atoms with Gasteiger partial charge in [-0.05, 0) is 42.7 Å². The topological polar surface area (TPSA) is 9.23 Å². The molecule has 0 aliphatic rings. The second-order valence-corrected chi connectivity index (χ2v) is 4.88. The van der Waals surface area contributed by atoms with E-state index >= 15 is 0 Å².